The van der Waals surface area contributed by atoms with Gasteiger partial charge in [-0.2, -0.15) is 4.98 Å². The molecule has 72 valence electrons. The molecular weight excluding hydrogens is 194 g/mol. The maximum Gasteiger partial charge on any atom is 0.230 e. The Morgan fingerprint density at radius 2 is 2.38 bits per heavy atom. The Morgan fingerprint density at radius 1 is 1.69 bits per heavy atom. The Kier molecular flexibility index (Phi) is 2.56. The molecular formula is C7H10ClN3O2. The van der Waals surface area contributed by atoms with Crippen LogP contribution in [0, 0.1) is 12.8 Å². The predicted molar refractivity (Wildman–Crippen MR) is 46.3 cm³/mol. The van der Waals surface area contributed by atoms with Crippen LogP contribution in [0.4, 0.5) is 0 Å². The molecule has 1 heterocycles. The van der Waals surface area contributed by atoms with Gasteiger partial charge in [0.25, 0.3) is 0 Å². The predicted octanol–water partition coefficient (Wildman–Crippen LogP) is 0.389. The van der Waals surface area contributed by atoms with Crippen molar-refractivity contribution >= 4 is 18.3 Å². The molecule has 5 nitrogen and oxygen atoms in total. The lowest BCUT2D eigenvalue weighted by Gasteiger charge is -1.86. The zero-order chi connectivity index (χ0) is 8.72. The molecule has 1 aliphatic rings. The molecule has 6 heteroatoms. The fraction of sp³-hybridized carbons (Fsp3) is 0.571. The molecule has 1 amide bonds. The number of aromatic nitrogens is 2. The van der Waals surface area contributed by atoms with Crippen LogP contribution in [-0.2, 0) is 4.79 Å². The highest BCUT2D eigenvalue weighted by Gasteiger charge is 2.46. The van der Waals surface area contributed by atoms with Crippen molar-refractivity contribution in [2.24, 2.45) is 11.7 Å². The van der Waals surface area contributed by atoms with Crippen LogP contribution in [0.5, 0.6) is 0 Å². The number of primary amides is 1. The number of amides is 1. The summed E-state index contributed by atoms with van der Waals surface area (Å²) in [6.45, 7) is 1.74. The number of rotatable bonds is 2. The summed E-state index contributed by atoms with van der Waals surface area (Å²) in [5, 5.41) is 3.63. The lowest BCUT2D eigenvalue weighted by atomic mass is 10.3. The summed E-state index contributed by atoms with van der Waals surface area (Å²) in [4.78, 5) is 14.7. The van der Waals surface area contributed by atoms with Gasteiger partial charge >= 0.3 is 0 Å². The molecule has 13 heavy (non-hydrogen) atoms. The van der Waals surface area contributed by atoms with Crippen molar-refractivity contribution in [1.82, 2.24) is 10.1 Å². The number of nitrogens with zero attached hydrogens (tertiary/aromatic N) is 2. The van der Waals surface area contributed by atoms with E-state index in [2.05, 4.69) is 10.1 Å². The van der Waals surface area contributed by atoms with Gasteiger partial charge in [-0.25, -0.2) is 0 Å². The second-order valence-corrected chi connectivity index (χ2v) is 3.03. The highest BCUT2D eigenvalue weighted by atomic mass is 35.5. The quantitative estimate of drug-likeness (QED) is 0.754. The Labute approximate surface area is 81.1 Å². The van der Waals surface area contributed by atoms with Crippen LogP contribution in [0.25, 0.3) is 0 Å². The smallest absolute Gasteiger partial charge is 0.230 e. The molecule has 0 aliphatic heterocycles. The molecule has 0 aromatic carbocycles. The third-order valence-electron chi connectivity index (χ3n) is 2.02. The number of aryl methyl sites for hydroxylation is 1. The van der Waals surface area contributed by atoms with Crippen molar-refractivity contribution in [1.29, 1.82) is 0 Å². The summed E-state index contributed by atoms with van der Waals surface area (Å²) in [7, 11) is 0. The van der Waals surface area contributed by atoms with Gasteiger partial charge in [0, 0.05) is 0 Å². The maximum atomic E-state index is 10.7. The van der Waals surface area contributed by atoms with Crippen molar-refractivity contribution in [3.8, 4) is 0 Å². The molecule has 1 aromatic heterocycles. The molecule has 1 aromatic rings. The van der Waals surface area contributed by atoms with Crippen LogP contribution in [0.15, 0.2) is 4.52 Å². The molecule has 0 saturated heterocycles. The van der Waals surface area contributed by atoms with Gasteiger partial charge in [0.1, 0.15) is 0 Å². The molecule has 2 unspecified atom stereocenters. The standard InChI is InChI=1S/C7H9N3O2.ClH/c1-3-9-7(12-10-3)5-2-4(5)6(8)11;/h4-5H,2H2,1H3,(H2,8,11);1H. The number of hydrogen-bond acceptors (Lipinski definition) is 4. The summed E-state index contributed by atoms with van der Waals surface area (Å²) >= 11 is 0. The summed E-state index contributed by atoms with van der Waals surface area (Å²) < 4.78 is 4.90. The van der Waals surface area contributed by atoms with Crippen molar-refractivity contribution in [3.63, 3.8) is 0 Å². The molecule has 1 fully saturated rings. The zero-order valence-corrected chi connectivity index (χ0v) is 7.87. The third kappa shape index (κ3) is 1.80. The Hall–Kier alpha value is -1.10. The van der Waals surface area contributed by atoms with Crippen molar-refractivity contribution in [3.05, 3.63) is 11.7 Å². The largest absolute Gasteiger partial charge is 0.369 e. The van der Waals surface area contributed by atoms with Gasteiger partial charge in [-0.1, -0.05) is 5.16 Å². The first-order valence-electron chi connectivity index (χ1n) is 3.78. The molecule has 1 aliphatic carbocycles. The highest BCUT2D eigenvalue weighted by molar-refractivity contribution is 5.85. The van der Waals surface area contributed by atoms with E-state index >= 15 is 0 Å². The Morgan fingerprint density at radius 3 is 2.77 bits per heavy atom. The third-order valence-corrected chi connectivity index (χ3v) is 2.02. The summed E-state index contributed by atoms with van der Waals surface area (Å²) in [6, 6.07) is 0. The number of halogens is 1. The lowest BCUT2D eigenvalue weighted by Crippen LogP contribution is -2.13. The van der Waals surface area contributed by atoms with Crippen LogP contribution < -0.4 is 5.73 Å². The number of hydrogen-bond donors (Lipinski definition) is 1. The highest BCUT2D eigenvalue weighted by Crippen LogP contribution is 2.46. The lowest BCUT2D eigenvalue weighted by molar-refractivity contribution is -0.119. The van der Waals surface area contributed by atoms with Crippen LogP contribution >= 0.6 is 12.4 Å². The first-order valence-corrected chi connectivity index (χ1v) is 3.78. The van der Waals surface area contributed by atoms with E-state index in [0.717, 1.165) is 6.42 Å². The van der Waals surface area contributed by atoms with E-state index < -0.39 is 0 Å². The Balaban J connectivity index is 0.000000845. The molecule has 0 spiro atoms. The van der Waals surface area contributed by atoms with Crippen LogP contribution in [0.2, 0.25) is 0 Å². The SMILES string of the molecule is Cc1noc(C2CC2C(N)=O)n1.Cl. The second kappa shape index (κ2) is 3.33. The van der Waals surface area contributed by atoms with Crippen molar-refractivity contribution in [2.45, 2.75) is 19.3 Å². The van der Waals surface area contributed by atoms with Crippen LogP contribution in [-0.4, -0.2) is 16.0 Å². The number of carbonyl (C=O) groups excluding carboxylic acids is 1. The topological polar surface area (TPSA) is 82.0 Å². The number of nitrogens with two attached hydrogens (primary N) is 1. The fourth-order valence-corrected chi connectivity index (χ4v) is 1.25. The Bertz CT molecular complexity index is 325. The zero-order valence-electron chi connectivity index (χ0n) is 7.06. The van der Waals surface area contributed by atoms with Crippen molar-refractivity contribution in [2.75, 3.05) is 0 Å². The van der Waals surface area contributed by atoms with E-state index in [1.807, 2.05) is 0 Å². The molecule has 0 bridgehead atoms. The molecule has 2 atom stereocenters. The molecule has 2 N–H and O–H groups in total. The average molecular weight is 204 g/mol. The van der Waals surface area contributed by atoms with E-state index in [4.69, 9.17) is 10.3 Å². The van der Waals surface area contributed by atoms with Crippen LogP contribution in [0.1, 0.15) is 24.1 Å². The first kappa shape index (κ1) is 9.98. The monoisotopic (exact) mass is 203 g/mol. The minimum absolute atomic E-state index is 0. The van der Waals surface area contributed by atoms with Gasteiger partial charge < -0.3 is 10.3 Å². The normalized spacial score (nSPS) is 25.0. The van der Waals surface area contributed by atoms with E-state index in [9.17, 15) is 4.79 Å². The van der Waals surface area contributed by atoms with E-state index in [1.54, 1.807) is 6.92 Å². The van der Waals surface area contributed by atoms with E-state index in [0.29, 0.717) is 11.7 Å². The summed E-state index contributed by atoms with van der Waals surface area (Å²) in [5.41, 5.74) is 5.10. The van der Waals surface area contributed by atoms with Crippen molar-refractivity contribution < 1.29 is 9.32 Å². The van der Waals surface area contributed by atoms with Gasteiger partial charge in [0.05, 0.1) is 11.8 Å². The minimum atomic E-state index is -0.282. The van der Waals surface area contributed by atoms with Gasteiger partial charge in [-0.3, -0.25) is 4.79 Å². The summed E-state index contributed by atoms with van der Waals surface area (Å²) in [5.74, 6) is 0.834. The first-order chi connectivity index (χ1) is 5.68. The molecule has 0 radical (unpaired) electrons. The van der Waals surface area contributed by atoms with E-state index in [-0.39, 0.29) is 30.2 Å². The fourth-order valence-electron chi connectivity index (χ4n) is 1.25. The number of carbonyl (C=O) groups is 1. The van der Waals surface area contributed by atoms with Gasteiger partial charge in [-0.15, -0.1) is 12.4 Å². The summed E-state index contributed by atoms with van der Waals surface area (Å²) in [6.07, 6.45) is 0.747. The molecule has 2 rings (SSSR count). The molecule has 1 saturated carbocycles. The minimum Gasteiger partial charge on any atom is -0.369 e. The van der Waals surface area contributed by atoms with Gasteiger partial charge in [-0.05, 0) is 13.3 Å². The maximum absolute atomic E-state index is 10.7. The second-order valence-electron chi connectivity index (χ2n) is 3.03. The van der Waals surface area contributed by atoms with E-state index in [1.165, 1.54) is 0 Å². The van der Waals surface area contributed by atoms with Gasteiger partial charge in [0.15, 0.2) is 5.82 Å². The van der Waals surface area contributed by atoms with Crippen LogP contribution in [0.3, 0.4) is 0 Å². The van der Waals surface area contributed by atoms with Gasteiger partial charge in [0.2, 0.25) is 11.8 Å². The average Bonchev–Trinajstić information content (AvgIpc) is 2.70.